The molecule has 0 N–H and O–H groups in total. The largest absolute Gasteiger partial charge is 0.259 e. The van der Waals surface area contributed by atoms with Crippen LogP contribution in [0, 0.1) is 15.9 Å². The summed E-state index contributed by atoms with van der Waals surface area (Å²) in [7, 11) is 0. The summed E-state index contributed by atoms with van der Waals surface area (Å²) < 4.78 is 13.5. The molecule has 0 aromatic heterocycles. The number of hydrogen-bond donors (Lipinski definition) is 0. The number of aryl methyl sites for hydroxylation is 1. The van der Waals surface area contributed by atoms with Crippen molar-refractivity contribution in [2.45, 2.75) is 18.9 Å². The SMILES string of the molecule is [O]C1CCc2cc(/C=C/[N+](=O)[O-])c(F)cc21. The van der Waals surface area contributed by atoms with Gasteiger partial charge in [-0.15, -0.1) is 0 Å². The zero-order chi connectivity index (χ0) is 11.7. The van der Waals surface area contributed by atoms with Crippen molar-refractivity contribution in [3.8, 4) is 0 Å². The number of halogens is 1. The second kappa shape index (κ2) is 4.02. The third kappa shape index (κ3) is 1.94. The van der Waals surface area contributed by atoms with E-state index in [0.717, 1.165) is 11.6 Å². The first-order valence-corrected chi connectivity index (χ1v) is 4.88. The highest BCUT2D eigenvalue weighted by Crippen LogP contribution is 2.33. The zero-order valence-electron chi connectivity index (χ0n) is 8.35. The zero-order valence-corrected chi connectivity index (χ0v) is 8.35. The molecule has 1 aromatic rings. The number of rotatable bonds is 2. The molecule has 0 heterocycles. The minimum Gasteiger partial charge on any atom is -0.259 e. The molecule has 1 aliphatic carbocycles. The van der Waals surface area contributed by atoms with Gasteiger partial charge in [0.25, 0.3) is 0 Å². The first-order valence-electron chi connectivity index (χ1n) is 4.88. The molecular formula is C11H9FNO3. The molecular weight excluding hydrogens is 213 g/mol. The first kappa shape index (κ1) is 10.8. The lowest BCUT2D eigenvalue weighted by Gasteiger charge is -2.04. The van der Waals surface area contributed by atoms with Crippen molar-refractivity contribution in [3.63, 3.8) is 0 Å². The fourth-order valence-corrected chi connectivity index (χ4v) is 1.88. The summed E-state index contributed by atoms with van der Waals surface area (Å²) >= 11 is 0. The standard InChI is InChI=1S/C11H9FNO3/c12-10-6-9-7(1-2-11(9)14)5-8(10)3-4-13(15)16/h3-6,11H,1-2H2/b4-3+. The molecule has 4 nitrogen and oxygen atoms in total. The molecule has 0 spiro atoms. The van der Waals surface area contributed by atoms with Gasteiger partial charge < -0.3 is 0 Å². The van der Waals surface area contributed by atoms with Crippen molar-refractivity contribution in [1.82, 2.24) is 0 Å². The van der Waals surface area contributed by atoms with E-state index in [-0.39, 0.29) is 5.56 Å². The van der Waals surface area contributed by atoms with E-state index in [9.17, 15) is 19.6 Å². The van der Waals surface area contributed by atoms with Gasteiger partial charge in [-0.3, -0.25) is 10.1 Å². The van der Waals surface area contributed by atoms with Crippen molar-refractivity contribution in [2.75, 3.05) is 0 Å². The predicted molar refractivity (Wildman–Crippen MR) is 54.2 cm³/mol. The van der Waals surface area contributed by atoms with Crippen LogP contribution >= 0.6 is 0 Å². The molecule has 1 aliphatic rings. The van der Waals surface area contributed by atoms with Crippen molar-refractivity contribution >= 4 is 6.08 Å². The van der Waals surface area contributed by atoms with Gasteiger partial charge in [0.15, 0.2) is 0 Å². The molecule has 1 unspecified atom stereocenters. The summed E-state index contributed by atoms with van der Waals surface area (Å²) in [6.07, 6.45) is 2.01. The van der Waals surface area contributed by atoms with Crippen LogP contribution in [0.25, 0.3) is 6.08 Å². The van der Waals surface area contributed by atoms with Crippen molar-refractivity contribution in [2.24, 2.45) is 0 Å². The lowest BCUT2D eigenvalue weighted by Crippen LogP contribution is -1.93. The Hall–Kier alpha value is -1.75. The van der Waals surface area contributed by atoms with Crippen LogP contribution in [0.4, 0.5) is 4.39 Å². The first-order chi connectivity index (χ1) is 7.58. The summed E-state index contributed by atoms with van der Waals surface area (Å²) in [6.45, 7) is 0. The van der Waals surface area contributed by atoms with Crippen LogP contribution in [0.1, 0.15) is 29.2 Å². The molecule has 0 fully saturated rings. The third-order valence-corrected chi connectivity index (χ3v) is 2.66. The average molecular weight is 222 g/mol. The second-order valence-electron chi connectivity index (χ2n) is 3.70. The van der Waals surface area contributed by atoms with Crippen molar-refractivity contribution in [3.05, 3.63) is 51.0 Å². The minimum absolute atomic E-state index is 0.157. The second-order valence-corrected chi connectivity index (χ2v) is 3.70. The Labute approximate surface area is 91.2 Å². The van der Waals surface area contributed by atoms with Crippen molar-refractivity contribution < 1.29 is 14.4 Å². The molecule has 16 heavy (non-hydrogen) atoms. The summed E-state index contributed by atoms with van der Waals surface area (Å²) in [5, 5.41) is 21.5. The van der Waals surface area contributed by atoms with Crippen LogP contribution in [-0.4, -0.2) is 4.92 Å². The molecule has 1 atom stereocenters. The molecule has 0 saturated carbocycles. The summed E-state index contributed by atoms with van der Waals surface area (Å²) in [6, 6.07) is 2.71. The highest BCUT2D eigenvalue weighted by Gasteiger charge is 2.23. The summed E-state index contributed by atoms with van der Waals surface area (Å²) in [5.74, 6) is -0.584. The van der Waals surface area contributed by atoms with Crippen LogP contribution in [0.15, 0.2) is 18.3 Å². The molecule has 2 rings (SSSR count). The molecule has 1 radical (unpaired) electrons. The topological polar surface area (TPSA) is 63.0 Å². The van der Waals surface area contributed by atoms with E-state index in [0.29, 0.717) is 24.6 Å². The van der Waals surface area contributed by atoms with Gasteiger partial charge in [-0.05, 0) is 36.1 Å². The smallest absolute Gasteiger partial charge is 0.235 e. The number of hydrogen-bond acceptors (Lipinski definition) is 2. The van der Waals surface area contributed by atoms with E-state index in [4.69, 9.17) is 0 Å². The highest BCUT2D eigenvalue weighted by atomic mass is 19.1. The molecule has 5 heteroatoms. The number of benzene rings is 1. The summed E-state index contributed by atoms with van der Waals surface area (Å²) in [5.41, 5.74) is 1.43. The number of nitro groups is 1. The predicted octanol–water partition coefficient (Wildman–Crippen LogP) is 2.49. The van der Waals surface area contributed by atoms with Gasteiger partial charge in [0.2, 0.25) is 6.20 Å². The van der Waals surface area contributed by atoms with Crippen LogP contribution in [-0.2, 0) is 11.5 Å². The van der Waals surface area contributed by atoms with Gasteiger partial charge in [0, 0.05) is 11.6 Å². The molecule has 0 aliphatic heterocycles. The minimum atomic E-state index is -0.863. The maximum Gasteiger partial charge on any atom is 0.235 e. The Morgan fingerprint density at radius 2 is 2.25 bits per heavy atom. The van der Waals surface area contributed by atoms with Gasteiger partial charge in [0.05, 0.1) is 4.92 Å². The Morgan fingerprint density at radius 1 is 1.50 bits per heavy atom. The fraction of sp³-hybridized carbons (Fsp3) is 0.273. The van der Waals surface area contributed by atoms with Gasteiger partial charge in [-0.1, -0.05) is 0 Å². The maximum absolute atomic E-state index is 13.5. The Balaban J connectivity index is 2.39. The average Bonchev–Trinajstić information content (AvgIpc) is 2.57. The number of fused-ring (bicyclic) bond motifs is 1. The van der Waals surface area contributed by atoms with E-state index in [1.54, 1.807) is 0 Å². The van der Waals surface area contributed by atoms with Gasteiger partial charge in [0.1, 0.15) is 11.9 Å². The molecule has 0 saturated heterocycles. The van der Waals surface area contributed by atoms with E-state index in [1.165, 1.54) is 12.1 Å². The van der Waals surface area contributed by atoms with Crippen molar-refractivity contribution in [1.29, 1.82) is 0 Å². The lowest BCUT2D eigenvalue weighted by atomic mass is 10.0. The van der Waals surface area contributed by atoms with Crippen LogP contribution in [0.3, 0.4) is 0 Å². The van der Waals surface area contributed by atoms with E-state index >= 15 is 0 Å². The van der Waals surface area contributed by atoms with Gasteiger partial charge in [-0.25, -0.2) is 9.50 Å². The fourth-order valence-electron chi connectivity index (χ4n) is 1.88. The Morgan fingerprint density at radius 3 is 2.94 bits per heavy atom. The van der Waals surface area contributed by atoms with Crippen LogP contribution < -0.4 is 0 Å². The van der Waals surface area contributed by atoms with Gasteiger partial charge in [-0.2, -0.15) is 0 Å². The molecule has 0 bridgehead atoms. The van der Waals surface area contributed by atoms with E-state index < -0.39 is 16.8 Å². The van der Waals surface area contributed by atoms with Crippen LogP contribution in [0.2, 0.25) is 0 Å². The molecule has 0 amide bonds. The Bertz CT molecular complexity index is 471. The van der Waals surface area contributed by atoms with E-state index in [1.807, 2.05) is 0 Å². The molecule has 1 aromatic carbocycles. The van der Waals surface area contributed by atoms with E-state index in [2.05, 4.69) is 0 Å². The Kier molecular flexibility index (Phi) is 2.70. The third-order valence-electron chi connectivity index (χ3n) is 2.66. The molecule has 83 valence electrons. The quantitative estimate of drug-likeness (QED) is 0.570. The lowest BCUT2D eigenvalue weighted by molar-refractivity contribution is -0.400. The highest BCUT2D eigenvalue weighted by molar-refractivity contribution is 5.53. The maximum atomic E-state index is 13.5. The number of nitrogens with zero attached hydrogens (tertiary/aromatic N) is 1. The normalized spacial score (nSPS) is 19.0. The van der Waals surface area contributed by atoms with Gasteiger partial charge >= 0.3 is 0 Å². The summed E-state index contributed by atoms with van der Waals surface area (Å²) in [4.78, 5) is 9.47. The van der Waals surface area contributed by atoms with Crippen LogP contribution in [0.5, 0.6) is 0 Å². The monoisotopic (exact) mass is 222 g/mol.